The van der Waals surface area contributed by atoms with Crippen LogP contribution < -0.4 is 15.1 Å². The van der Waals surface area contributed by atoms with E-state index in [1.165, 1.54) is 0 Å². The van der Waals surface area contributed by atoms with Gasteiger partial charge in [-0.2, -0.15) is 0 Å². The third-order valence-electron chi connectivity index (χ3n) is 5.08. The maximum absolute atomic E-state index is 12.7. The van der Waals surface area contributed by atoms with Gasteiger partial charge in [0.1, 0.15) is 5.69 Å². The van der Waals surface area contributed by atoms with Crippen LogP contribution in [0.1, 0.15) is 16.2 Å². The van der Waals surface area contributed by atoms with Crippen LogP contribution in [0.5, 0.6) is 0 Å². The summed E-state index contributed by atoms with van der Waals surface area (Å²) in [6.07, 6.45) is 0. The Morgan fingerprint density at radius 2 is 1.64 bits per heavy atom. The summed E-state index contributed by atoms with van der Waals surface area (Å²) >= 11 is 0. The molecule has 0 unspecified atom stereocenters. The molecule has 3 heterocycles. The van der Waals surface area contributed by atoms with Crippen molar-refractivity contribution in [2.45, 2.75) is 6.92 Å². The smallest absolute Gasteiger partial charge is 0.274 e. The average molecular weight is 382 g/mol. The van der Waals surface area contributed by atoms with Gasteiger partial charge in [0.25, 0.3) is 5.91 Å². The highest BCUT2D eigenvalue weighted by Gasteiger charge is 2.20. The van der Waals surface area contributed by atoms with Gasteiger partial charge in [-0.25, -0.2) is 4.98 Å². The van der Waals surface area contributed by atoms with Crippen molar-refractivity contribution < 1.29 is 14.3 Å². The molecular weight excluding hydrogens is 356 g/mol. The van der Waals surface area contributed by atoms with E-state index in [9.17, 15) is 4.79 Å². The molecule has 4 rings (SSSR count). The van der Waals surface area contributed by atoms with Crippen molar-refractivity contribution in [1.82, 2.24) is 4.98 Å². The van der Waals surface area contributed by atoms with Crippen molar-refractivity contribution >= 4 is 23.0 Å². The maximum atomic E-state index is 12.7. The third-order valence-corrected chi connectivity index (χ3v) is 5.08. The van der Waals surface area contributed by atoms with Gasteiger partial charge >= 0.3 is 0 Å². The van der Waals surface area contributed by atoms with Gasteiger partial charge in [0.05, 0.1) is 37.8 Å². The standard InChI is InChI=1S/C21H26N4O3/c1-16-3-2-4-19(22-16)21(26)23-18-6-5-17(24-7-11-27-12-8-24)15-20(18)25-9-13-28-14-10-25/h2-6,15H,7-14H2,1H3,(H,23,26). The number of ether oxygens (including phenoxy) is 2. The molecule has 148 valence electrons. The summed E-state index contributed by atoms with van der Waals surface area (Å²) in [6, 6.07) is 11.7. The number of amides is 1. The summed E-state index contributed by atoms with van der Waals surface area (Å²) in [4.78, 5) is 21.7. The monoisotopic (exact) mass is 382 g/mol. The molecule has 2 aliphatic rings. The van der Waals surface area contributed by atoms with E-state index in [1.54, 1.807) is 6.07 Å². The number of morpholine rings is 2. The second kappa shape index (κ2) is 8.58. The number of rotatable bonds is 4. The van der Waals surface area contributed by atoms with Gasteiger partial charge in [-0.3, -0.25) is 4.79 Å². The number of pyridine rings is 1. The van der Waals surface area contributed by atoms with E-state index in [-0.39, 0.29) is 5.91 Å². The minimum atomic E-state index is -0.197. The van der Waals surface area contributed by atoms with Crippen LogP contribution in [0.25, 0.3) is 0 Å². The summed E-state index contributed by atoms with van der Waals surface area (Å²) < 4.78 is 11.0. The fourth-order valence-electron chi connectivity index (χ4n) is 3.57. The molecule has 0 saturated carbocycles. The molecule has 1 N–H and O–H groups in total. The number of carbonyl (C=O) groups is 1. The third kappa shape index (κ3) is 4.26. The predicted octanol–water partition coefficient (Wildman–Crippen LogP) is 2.32. The number of anilines is 3. The van der Waals surface area contributed by atoms with Crippen molar-refractivity contribution in [3.05, 3.63) is 47.8 Å². The minimum absolute atomic E-state index is 0.197. The molecule has 2 aromatic rings. The first kappa shape index (κ1) is 18.7. The molecular formula is C21H26N4O3. The lowest BCUT2D eigenvalue weighted by molar-refractivity contribution is 0.102. The highest BCUT2D eigenvalue weighted by molar-refractivity contribution is 6.05. The molecule has 0 radical (unpaired) electrons. The van der Waals surface area contributed by atoms with E-state index in [0.717, 1.165) is 62.1 Å². The van der Waals surface area contributed by atoms with Crippen LogP contribution in [-0.2, 0) is 9.47 Å². The normalized spacial score (nSPS) is 17.5. The first-order chi connectivity index (χ1) is 13.7. The largest absolute Gasteiger partial charge is 0.378 e. The summed E-state index contributed by atoms with van der Waals surface area (Å²) in [5.41, 5.74) is 4.21. The Morgan fingerprint density at radius 1 is 0.964 bits per heavy atom. The van der Waals surface area contributed by atoms with Gasteiger partial charge in [-0.15, -0.1) is 0 Å². The zero-order valence-electron chi connectivity index (χ0n) is 16.2. The molecule has 1 amide bonds. The van der Waals surface area contributed by atoms with Crippen LogP contribution in [0.3, 0.4) is 0 Å². The lowest BCUT2D eigenvalue weighted by Gasteiger charge is -2.33. The molecule has 0 aliphatic carbocycles. The first-order valence-corrected chi connectivity index (χ1v) is 9.75. The number of nitrogens with zero attached hydrogens (tertiary/aromatic N) is 3. The molecule has 1 aromatic carbocycles. The Kier molecular flexibility index (Phi) is 5.73. The lowest BCUT2D eigenvalue weighted by atomic mass is 10.1. The quantitative estimate of drug-likeness (QED) is 0.875. The Hall–Kier alpha value is -2.64. The first-order valence-electron chi connectivity index (χ1n) is 9.75. The van der Waals surface area contributed by atoms with Crippen LogP contribution in [0, 0.1) is 6.92 Å². The van der Waals surface area contributed by atoms with Gasteiger partial charge in [0, 0.05) is 37.6 Å². The number of carbonyl (C=O) groups excluding carboxylic acids is 1. The van der Waals surface area contributed by atoms with Crippen molar-refractivity contribution in [3.63, 3.8) is 0 Å². The number of nitrogens with one attached hydrogen (secondary N) is 1. The van der Waals surface area contributed by atoms with Crippen molar-refractivity contribution in [2.24, 2.45) is 0 Å². The number of hydrogen-bond acceptors (Lipinski definition) is 6. The summed E-state index contributed by atoms with van der Waals surface area (Å²) in [7, 11) is 0. The van der Waals surface area contributed by atoms with E-state index in [2.05, 4.69) is 32.2 Å². The Bertz CT molecular complexity index is 830. The maximum Gasteiger partial charge on any atom is 0.274 e. The SMILES string of the molecule is Cc1cccc(C(=O)Nc2ccc(N3CCOCC3)cc2N2CCOCC2)n1. The molecule has 1 aromatic heterocycles. The van der Waals surface area contributed by atoms with Crippen LogP contribution in [0.2, 0.25) is 0 Å². The topological polar surface area (TPSA) is 66.9 Å². The van der Waals surface area contributed by atoms with Crippen LogP contribution in [-0.4, -0.2) is 63.5 Å². The molecule has 2 aliphatic heterocycles. The molecule has 28 heavy (non-hydrogen) atoms. The highest BCUT2D eigenvalue weighted by Crippen LogP contribution is 2.32. The Balaban J connectivity index is 1.62. The van der Waals surface area contributed by atoms with Crippen LogP contribution in [0.4, 0.5) is 17.1 Å². The highest BCUT2D eigenvalue weighted by atomic mass is 16.5. The number of aryl methyl sites for hydroxylation is 1. The van der Waals surface area contributed by atoms with Crippen LogP contribution >= 0.6 is 0 Å². The number of benzene rings is 1. The van der Waals surface area contributed by atoms with E-state index in [1.807, 2.05) is 25.1 Å². The summed E-state index contributed by atoms with van der Waals surface area (Å²) in [6.45, 7) is 8.10. The number of hydrogen-bond donors (Lipinski definition) is 1. The van der Waals surface area contributed by atoms with Crippen molar-refractivity contribution in [3.8, 4) is 0 Å². The summed E-state index contributed by atoms with van der Waals surface area (Å²) in [5.74, 6) is -0.197. The minimum Gasteiger partial charge on any atom is -0.378 e. The summed E-state index contributed by atoms with van der Waals surface area (Å²) in [5, 5.41) is 3.05. The second-order valence-electron chi connectivity index (χ2n) is 7.02. The van der Waals surface area contributed by atoms with E-state index >= 15 is 0 Å². The van der Waals surface area contributed by atoms with Gasteiger partial charge < -0.3 is 24.6 Å². The predicted molar refractivity (Wildman–Crippen MR) is 109 cm³/mol. The molecule has 7 nitrogen and oxygen atoms in total. The average Bonchev–Trinajstić information content (AvgIpc) is 2.75. The fraction of sp³-hybridized carbons (Fsp3) is 0.429. The Morgan fingerprint density at radius 3 is 2.32 bits per heavy atom. The molecule has 0 spiro atoms. The van der Waals surface area contributed by atoms with Crippen LogP contribution in [0.15, 0.2) is 36.4 Å². The molecule has 2 fully saturated rings. The Labute approximate surface area is 165 Å². The zero-order chi connectivity index (χ0) is 19.3. The molecule has 2 saturated heterocycles. The second-order valence-corrected chi connectivity index (χ2v) is 7.02. The van der Waals surface area contributed by atoms with E-state index in [4.69, 9.17) is 9.47 Å². The van der Waals surface area contributed by atoms with Gasteiger partial charge in [-0.1, -0.05) is 6.07 Å². The molecule has 0 bridgehead atoms. The van der Waals surface area contributed by atoms with Crippen molar-refractivity contribution in [2.75, 3.05) is 67.7 Å². The molecule has 7 heteroatoms. The van der Waals surface area contributed by atoms with Crippen molar-refractivity contribution in [1.29, 1.82) is 0 Å². The van der Waals surface area contributed by atoms with E-state index in [0.29, 0.717) is 18.9 Å². The zero-order valence-corrected chi connectivity index (χ0v) is 16.2. The van der Waals surface area contributed by atoms with Gasteiger partial charge in [0.2, 0.25) is 0 Å². The van der Waals surface area contributed by atoms with Gasteiger partial charge in [0.15, 0.2) is 0 Å². The molecule has 0 atom stereocenters. The van der Waals surface area contributed by atoms with Gasteiger partial charge in [-0.05, 0) is 37.3 Å². The lowest BCUT2D eigenvalue weighted by Crippen LogP contribution is -2.38. The fourth-order valence-corrected chi connectivity index (χ4v) is 3.57. The van der Waals surface area contributed by atoms with E-state index < -0.39 is 0 Å². The number of aromatic nitrogens is 1.